The summed E-state index contributed by atoms with van der Waals surface area (Å²) >= 11 is 0. The van der Waals surface area contributed by atoms with Crippen molar-refractivity contribution in [2.45, 2.75) is 45.9 Å². The summed E-state index contributed by atoms with van der Waals surface area (Å²) in [7, 11) is 0. The summed E-state index contributed by atoms with van der Waals surface area (Å²) in [4.78, 5) is 9.00. The molecule has 0 aliphatic carbocycles. The molecule has 0 amide bonds. The molecule has 0 saturated heterocycles. The van der Waals surface area contributed by atoms with Crippen molar-refractivity contribution in [2.24, 2.45) is 0 Å². The minimum absolute atomic E-state index is 0. The number of fused-ring (bicyclic) bond motifs is 4. The van der Waals surface area contributed by atoms with Gasteiger partial charge in [-0.1, -0.05) is 113 Å². The summed E-state index contributed by atoms with van der Waals surface area (Å²) in [5.41, 5.74) is 10.3. The van der Waals surface area contributed by atoms with Gasteiger partial charge in [-0.15, -0.1) is 53.6 Å². The molecule has 1 aliphatic heterocycles. The van der Waals surface area contributed by atoms with Crippen molar-refractivity contribution < 1.29 is 36.0 Å². The molecule has 5 nitrogen and oxygen atoms in total. The Morgan fingerprint density at radius 1 is 0.667 bits per heavy atom. The molecule has 0 bridgehead atoms. The van der Waals surface area contributed by atoms with Crippen LogP contribution in [0.2, 0.25) is 0 Å². The molecule has 316 valence electrons. The van der Waals surface area contributed by atoms with Crippen molar-refractivity contribution in [3.63, 3.8) is 0 Å². The van der Waals surface area contributed by atoms with E-state index in [1.54, 1.807) is 24.3 Å². The topological polar surface area (TPSA) is 33.5 Å². The molecule has 63 heavy (non-hydrogen) atoms. The van der Waals surface area contributed by atoms with Crippen LogP contribution in [0.1, 0.15) is 53.0 Å². The molecule has 2 aromatic heterocycles. The van der Waals surface area contributed by atoms with E-state index in [-0.39, 0.29) is 38.1 Å². The molecule has 0 spiro atoms. The predicted octanol–water partition coefficient (Wildman–Crippen LogP) is 15.0. The van der Waals surface area contributed by atoms with Crippen LogP contribution in [0.25, 0.3) is 49.9 Å². The third-order valence-corrected chi connectivity index (χ3v) is 11.5. The van der Waals surface area contributed by atoms with Gasteiger partial charge in [0.1, 0.15) is 17.5 Å². The normalized spacial score (nSPS) is 13.0. The van der Waals surface area contributed by atoms with Crippen molar-refractivity contribution >= 4 is 44.6 Å². The molecule has 0 saturated carbocycles. The Kier molecular flexibility index (Phi) is 10.7. The maximum Gasteiger partial charge on any atom is 0.135 e. The number of aromatic nitrogens is 2. The van der Waals surface area contributed by atoms with Crippen LogP contribution in [0.4, 0.5) is 31.5 Å². The predicted molar refractivity (Wildman–Crippen MR) is 248 cm³/mol. The number of benzene rings is 7. The molecule has 9 aromatic rings. The van der Waals surface area contributed by atoms with Gasteiger partial charge in [0.15, 0.2) is 0 Å². The van der Waals surface area contributed by atoms with Crippen LogP contribution in [0.5, 0.6) is 11.5 Å². The monoisotopic (exact) mass is 1010 g/mol. The third-order valence-electron chi connectivity index (χ3n) is 11.5. The van der Waals surface area contributed by atoms with E-state index in [1.165, 1.54) is 29.8 Å². The quantitative estimate of drug-likeness (QED) is 0.142. The molecule has 0 fully saturated rings. The second-order valence-corrected chi connectivity index (χ2v) is 16.9. The fourth-order valence-electron chi connectivity index (χ4n) is 8.31. The van der Waals surface area contributed by atoms with Crippen LogP contribution in [-0.4, -0.2) is 9.55 Å². The average Bonchev–Trinajstić information content (AvgIpc) is 3.82. The first-order valence-electron chi connectivity index (χ1n) is 21.2. The van der Waals surface area contributed by atoms with Gasteiger partial charge in [0, 0.05) is 73.8 Å². The first-order valence-corrected chi connectivity index (χ1v) is 20.7. The first-order chi connectivity index (χ1) is 30.3. The van der Waals surface area contributed by atoms with Crippen molar-refractivity contribution in [2.75, 3.05) is 9.80 Å². The van der Waals surface area contributed by atoms with E-state index >= 15 is 0 Å². The summed E-state index contributed by atoms with van der Waals surface area (Å²) in [6, 6.07) is 54.4. The summed E-state index contributed by atoms with van der Waals surface area (Å²) in [6.07, 6.45) is 1.86. The molecule has 1 aliphatic rings. The van der Waals surface area contributed by atoms with Crippen molar-refractivity contribution in [1.82, 2.24) is 9.55 Å². The van der Waals surface area contributed by atoms with E-state index in [0.29, 0.717) is 17.2 Å². The van der Waals surface area contributed by atoms with E-state index in [4.69, 9.17) is 9.72 Å². The van der Waals surface area contributed by atoms with Crippen molar-refractivity contribution in [1.29, 1.82) is 0 Å². The fraction of sp³-hybridized carbons (Fsp3) is 0.127. The molecular weight excluding hydrogens is 966 g/mol. The smallest absolute Gasteiger partial charge is 0.135 e. The Morgan fingerprint density at radius 3 is 1.95 bits per heavy atom. The number of anilines is 4. The number of hydrogen-bond donors (Lipinski definition) is 0. The van der Waals surface area contributed by atoms with Gasteiger partial charge in [-0.3, -0.25) is 0 Å². The molecule has 0 radical (unpaired) electrons. The van der Waals surface area contributed by atoms with E-state index in [2.05, 4.69) is 72.7 Å². The maximum atomic E-state index is 14.3. The first kappa shape index (κ1) is 40.5. The molecule has 10 rings (SSSR count). The molecule has 0 N–H and O–H groups in total. The van der Waals surface area contributed by atoms with E-state index in [9.17, 15) is 10.2 Å². The number of ether oxygens (including phenoxy) is 1. The van der Waals surface area contributed by atoms with Crippen molar-refractivity contribution in [3.05, 3.63) is 199 Å². The Balaban J connectivity index is 0.00000518. The number of pyridine rings is 1. The Labute approximate surface area is 382 Å². The van der Waals surface area contributed by atoms with Crippen LogP contribution in [-0.2, 0) is 26.5 Å². The molecule has 0 atom stereocenters. The van der Waals surface area contributed by atoms with E-state index in [0.717, 1.165) is 72.5 Å². The average molecular weight is 1010 g/mol. The van der Waals surface area contributed by atoms with Crippen LogP contribution in [0, 0.1) is 30.4 Å². The van der Waals surface area contributed by atoms with Gasteiger partial charge in [0.2, 0.25) is 0 Å². The number of halogens is 2. The Hall–Kier alpha value is -6.56. The van der Waals surface area contributed by atoms with Crippen LogP contribution in [0.3, 0.4) is 0 Å². The standard InChI is InChI=1S/C55H43F2N4O.Pt/c1-35(2)38-29-42(32-44(30-38)62-43-25-26-48-47-11-6-7-14-49(47)61(52(48)33-43)53-31-39(27-28-58-53)55(3,4)5)59-34-60(51-16-9-8-15-50(51)59)54-45(36-17-21-40(56)22-18-36)12-10-13-46(54)37-19-23-41(57)24-20-37;/h6-31,34-35H,1-5H3;/q-3;/i35D;. The zero-order valence-corrected chi connectivity index (χ0v) is 37.6. The second kappa shape index (κ2) is 16.6. The second-order valence-electron chi connectivity index (χ2n) is 16.9. The van der Waals surface area contributed by atoms with Gasteiger partial charge < -0.3 is 19.1 Å². The Bertz CT molecular complexity index is 3130. The minimum atomic E-state index is -0.990. The number of nitrogens with zero attached hydrogens (tertiary/aromatic N) is 4. The molecule has 7 aromatic carbocycles. The van der Waals surface area contributed by atoms with Gasteiger partial charge in [-0.2, -0.15) is 6.07 Å². The number of rotatable bonds is 8. The minimum Gasteiger partial charge on any atom is -0.509 e. The van der Waals surface area contributed by atoms with Crippen LogP contribution < -0.4 is 14.5 Å². The number of para-hydroxylation sites is 4. The van der Waals surface area contributed by atoms with Crippen molar-refractivity contribution in [3.8, 4) is 39.6 Å². The van der Waals surface area contributed by atoms with E-state index in [1.807, 2.05) is 104 Å². The zero-order valence-electron chi connectivity index (χ0n) is 36.4. The summed E-state index contributed by atoms with van der Waals surface area (Å²) in [5, 5.41) is 2.11. The van der Waals surface area contributed by atoms with Crippen LogP contribution in [0.15, 0.2) is 158 Å². The third kappa shape index (κ3) is 7.80. The summed E-state index contributed by atoms with van der Waals surface area (Å²) in [6.45, 7) is 12.3. The van der Waals surface area contributed by atoms with Gasteiger partial charge in [0.05, 0.1) is 0 Å². The summed E-state index contributed by atoms with van der Waals surface area (Å²) < 4.78 is 46.6. The maximum absolute atomic E-state index is 14.3. The molecule has 3 heterocycles. The molecule has 0 unspecified atom stereocenters. The van der Waals surface area contributed by atoms with Crippen LogP contribution >= 0.6 is 0 Å². The zero-order chi connectivity index (χ0) is 43.6. The molecule has 8 heteroatoms. The van der Waals surface area contributed by atoms with E-state index < -0.39 is 5.89 Å². The SMILES string of the molecule is [2H]C(C)(C)c1cc(Oc2[c-]c3c(cc2)c2ccccc2n3-c2cc(C(C)(C)C)ccn2)[c-]c(N2[CH-]N(c3c(-c4ccc(F)cc4)cccc3-c3ccc(F)cc3)c3ccccc32)c1.[Pt]. The fourth-order valence-corrected chi connectivity index (χ4v) is 8.31. The van der Waals surface area contributed by atoms with Gasteiger partial charge in [0.25, 0.3) is 0 Å². The van der Waals surface area contributed by atoms with Gasteiger partial charge in [-0.25, -0.2) is 13.8 Å². The number of hydrogen-bond acceptors (Lipinski definition) is 4. The summed E-state index contributed by atoms with van der Waals surface area (Å²) in [5.74, 6) is 0.0726. The van der Waals surface area contributed by atoms with Gasteiger partial charge in [-0.05, 0) is 88.0 Å². The van der Waals surface area contributed by atoms with Gasteiger partial charge >= 0.3 is 0 Å². The molecular formula is C55H43F2N4OPt-3. The Morgan fingerprint density at radius 2 is 1.30 bits per heavy atom. The largest absolute Gasteiger partial charge is 0.509 e.